The van der Waals surface area contributed by atoms with E-state index in [1.807, 2.05) is 41.9 Å². The van der Waals surface area contributed by atoms with Gasteiger partial charge in [0.05, 0.1) is 5.35 Å². The van der Waals surface area contributed by atoms with Crippen LogP contribution in [0.5, 0.6) is 0 Å². The standard InChI is InChI=1S/C16H16N2/c1-13-9-10-17-12-14(2)18(3)16(11-13)15-7-5-4-6-8-15/h4-12H,1-2H2,3H3. The monoisotopic (exact) mass is 236 g/mol. The Morgan fingerprint density at radius 2 is 1.78 bits per heavy atom. The molecule has 2 rings (SSSR count). The topological polar surface area (TPSA) is 17.8 Å². The summed E-state index contributed by atoms with van der Waals surface area (Å²) in [4.78, 5) is 4.16. The van der Waals surface area contributed by atoms with Crippen LogP contribution in [0.15, 0.2) is 54.9 Å². The SMILES string of the molecule is C=c1ccncc(=C)n(C)c(-c2ccccc2)c1. The highest BCUT2D eigenvalue weighted by atomic mass is 14.9. The Balaban J connectivity index is 2.87. The molecule has 1 aromatic heterocycles. The highest BCUT2D eigenvalue weighted by molar-refractivity contribution is 5.58. The summed E-state index contributed by atoms with van der Waals surface area (Å²) in [7, 11) is 1.98. The second-order valence-corrected chi connectivity index (χ2v) is 4.11. The summed E-state index contributed by atoms with van der Waals surface area (Å²) < 4.78 is 2.01. The molecule has 18 heavy (non-hydrogen) atoms. The van der Waals surface area contributed by atoms with Crippen LogP contribution in [-0.4, -0.2) is 9.55 Å². The number of hydrogen-bond donors (Lipinski definition) is 0. The van der Waals surface area contributed by atoms with E-state index in [2.05, 4.69) is 30.3 Å². The van der Waals surface area contributed by atoms with E-state index in [1.54, 1.807) is 12.4 Å². The van der Waals surface area contributed by atoms with E-state index in [0.717, 1.165) is 21.8 Å². The van der Waals surface area contributed by atoms with Crippen LogP contribution in [0.4, 0.5) is 0 Å². The van der Waals surface area contributed by atoms with Crippen LogP contribution in [0.1, 0.15) is 0 Å². The van der Waals surface area contributed by atoms with Crippen molar-refractivity contribution in [1.29, 1.82) is 0 Å². The molecular weight excluding hydrogens is 220 g/mol. The van der Waals surface area contributed by atoms with Crippen molar-refractivity contribution in [2.75, 3.05) is 0 Å². The van der Waals surface area contributed by atoms with Crippen LogP contribution in [0.3, 0.4) is 0 Å². The van der Waals surface area contributed by atoms with E-state index in [9.17, 15) is 0 Å². The molecule has 1 heterocycles. The van der Waals surface area contributed by atoms with Crippen molar-refractivity contribution in [1.82, 2.24) is 9.55 Å². The largest absolute Gasteiger partial charge is 0.343 e. The number of rotatable bonds is 1. The molecule has 0 aliphatic carbocycles. The van der Waals surface area contributed by atoms with Crippen molar-refractivity contribution in [2.45, 2.75) is 0 Å². The van der Waals surface area contributed by atoms with Gasteiger partial charge in [-0.25, -0.2) is 0 Å². The zero-order chi connectivity index (χ0) is 13.0. The minimum atomic E-state index is 0.837. The maximum Gasteiger partial charge on any atom is 0.0521 e. The van der Waals surface area contributed by atoms with Crippen LogP contribution in [-0.2, 0) is 7.05 Å². The lowest BCUT2D eigenvalue weighted by atomic mass is 10.1. The smallest absolute Gasteiger partial charge is 0.0521 e. The molecule has 0 aliphatic rings. The molecule has 0 unspecified atom stereocenters. The maximum absolute atomic E-state index is 4.16. The van der Waals surface area contributed by atoms with Gasteiger partial charge in [0, 0.05) is 25.1 Å². The fourth-order valence-corrected chi connectivity index (χ4v) is 1.72. The first-order valence-electron chi connectivity index (χ1n) is 5.77. The molecule has 0 radical (unpaired) electrons. The average Bonchev–Trinajstić information content (AvgIpc) is 2.45. The predicted molar refractivity (Wildman–Crippen MR) is 76.6 cm³/mol. The minimum Gasteiger partial charge on any atom is -0.343 e. The van der Waals surface area contributed by atoms with Gasteiger partial charge < -0.3 is 4.57 Å². The molecule has 2 heteroatoms. The van der Waals surface area contributed by atoms with Gasteiger partial charge in [0.1, 0.15) is 0 Å². The fraction of sp³-hybridized carbons (Fsp3) is 0.0625. The third-order valence-corrected chi connectivity index (χ3v) is 2.78. The van der Waals surface area contributed by atoms with Crippen LogP contribution in [0.25, 0.3) is 24.4 Å². The van der Waals surface area contributed by atoms with Crippen LogP contribution in [0, 0.1) is 0 Å². The lowest BCUT2D eigenvalue weighted by Gasteiger charge is -2.06. The Morgan fingerprint density at radius 1 is 1.06 bits per heavy atom. The molecule has 0 N–H and O–H groups in total. The van der Waals surface area contributed by atoms with Gasteiger partial charge in [-0.1, -0.05) is 43.5 Å². The van der Waals surface area contributed by atoms with Gasteiger partial charge in [-0.3, -0.25) is 4.98 Å². The molecule has 0 spiro atoms. The Labute approximate surface area is 107 Å². The van der Waals surface area contributed by atoms with Crippen molar-refractivity contribution >= 4 is 13.2 Å². The van der Waals surface area contributed by atoms with Gasteiger partial charge in [0.25, 0.3) is 0 Å². The second-order valence-electron chi connectivity index (χ2n) is 4.11. The highest BCUT2D eigenvalue weighted by Crippen LogP contribution is 2.13. The van der Waals surface area contributed by atoms with E-state index in [-0.39, 0.29) is 0 Å². The van der Waals surface area contributed by atoms with E-state index in [0.29, 0.717) is 0 Å². The Kier molecular flexibility index (Phi) is 3.58. The summed E-state index contributed by atoms with van der Waals surface area (Å²) in [6.07, 6.45) is 3.47. The third-order valence-electron chi connectivity index (χ3n) is 2.78. The van der Waals surface area contributed by atoms with E-state index < -0.39 is 0 Å². The lowest BCUT2D eigenvalue weighted by Crippen LogP contribution is -2.15. The van der Waals surface area contributed by atoms with Crippen LogP contribution < -0.4 is 10.6 Å². The minimum absolute atomic E-state index is 0.837. The molecule has 0 bridgehead atoms. The first-order valence-corrected chi connectivity index (χ1v) is 5.77. The van der Waals surface area contributed by atoms with Gasteiger partial charge in [0.15, 0.2) is 0 Å². The zero-order valence-electron chi connectivity index (χ0n) is 10.5. The molecule has 1 aromatic carbocycles. The van der Waals surface area contributed by atoms with Crippen molar-refractivity contribution < 1.29 is 0 Å². The fourth-order valence-electron chi connectivity index (χ4n) is 1.72. The summed E-state index contributed by atoms with van der Waals surface area (Å²) in [5, 5.41) is 1.75. The average molecular weight is 236 g/mol. The molecule has 2 nitrogen and oxygen atoms in total. The van der Waals surface area contributed by atoms with Gasteiger partial charge in [-0.05, 0) is 22.9 Å². The summed E-state index contributed by atoms with van der Waals surface area (Å²) in [6, 6.07) is 14.1. The number of hydrogen-bond acceptors (Lipinski definition) is 1. The highest BCUT2D eigenvalue weighted by Gasteiger charge is 1.97. The number of aromatic nitrogens is 2. The molecule has 0 aliphatic heterocycles. The first-order chi connectivity index (χ1) is 8.68. The zero-order valence-corrected chi connectivity index (χ0v) is 10.5. The molecule has 0 atom stereocenters. The molecular formula is C16H16N2. The molecule has 0 saturated carbocycles. The summed E-state index contributed by atoms with van der Waals surface area (Å²) in [6.45, 7) is 8.01. The van der Waals surface area contributed by atoms with Crippen molar-refractivity contribution in [3.63, 3.8) is 0 Å². The van der Waals surface area contributed by atoms with Gasteiger partial charge >= 0.3 is 0 Å². The number of nitrogens with zero attached hydrogens (tertiary/aromatic N) is 2. The van der Waals surface area contributed by atoms with Crippen LogP contribution in [0.2, 0.25) is 0 Å². The predicted octanol–water partition coefficient (Wildman–Crippen LogP) is 2.03. The Morgan fingerprint density at radius 3 is 2.50 bits per heavy atom. The van der Waals surface area contributed by atoms with E-state index in [4.69, 9.17) is 0 Å². The van der Waals surface area contributed by atoms with Crippen LogP contribution >= 0.6 is 0 Å². The normalized spacial score (nSPS) is 9.83. The lowest BCUT2D eigenvalue weighted by molar-refractivity contribution is 0.879. The van der Waals surface area contributed by atoms with Crippen molar-refractivity contribution in [2.24, 2.45) is 7.05 Å². The molecule has 0 saturated heterocycles. The first kappa shape index (κ1) is 12.1. The summed E-state index contributed by atoms with van der Waals surface area (Å²) >= 11 is 0. The summed E-state index contributed by atoms with van der Waals surface area (Å²) in [5.41, 5.74) is 2.19. The molecule has 0 amide bonds. The number of benzene rings is 1. The maximum atomic E-state index is 4.16. The Bertz CT molecular complexity index is 683. The Hall–Kier alpha value is -2.35. The van der Waals surface area contributed by atoms with Gasteiger partial charge in [-0.2, -0.15) is 0 Å². The van der Waals surface area contributed by atoms with Gasteiger partial charge in [-0.15, -0.1) is 0 Å². The third kappa shape index (κ3) is 2.66. The quantitative estimate of drug-likeness (QED) is 0.741. The molecule has 90 valence electrons. The molecule has 2 aromatic rings. The van der Waals surface area contributed by atoms with E-state index >= 15 is 0 Å². The van der Waals surface area contributed by atoms with E-state index in [1.165, 1.54) is 0 Å². The van der Waals surface area contributed by atoms with Gasteiger partial charge in [0.2, 0.25) is 0 Å². The van der Waals surface area contributed by atoms with Crippen molar-refractivity contribution in [3.05, 3.63) is 65.4 Å². The second kappa shape index (κ2) is 5.32. The van der Waals surface area contributed by atoms with Crippen molar-refractivity contribution in [3.8, 4) is 11.3 Å². The molecule has 0 fully saturated rings. The summed E-state index contributed by atoms with van der Waals surface area (Å²) in [5.74, 6) is 0.